The Balaban J connectivity index is 1.83. The van der Waals surface area contributed by atoms with Crippen LogP contribution in [0.3, 0.4) is 0 Å². The van der Waals surface area contributed by atoms with Gasteiger partial charge in [-0.3, -0.25) is 9.69 Å². The van der Waals surface area contributed by atoms with Crippen molar-refractivity contribution in [2.24, 2.45) is 0 Å². The van der Waals surface area contributed by atoms with Crippen molar-refractivity contribution in [1.82, 2.24) is 9.80 Å². The molecule has 5 heteroatoms. The Morgan fingerprint density at radius 3 is 2.57 bits per heavy atom. The molecule has 1 heterocycles. The molecule has 1 aromatic carbocycles. The van der Waals surface area contributed by atoms with Crippen molar-refractivity contribution < 1.29 is 14.6 Å². The van der Waals surface area contributed by atoms with E-state index in [1.54, 1.807) is 4.90 Å². The van der Waals surface area contributed by atoms with Crippen molar-refractivity contribution in [2.45, 2.75) is 26.9 Å². The van der Waals surface area contributed by atoms with Gasteiger partial charge in [0.25, 0.3) is 0 Å². The number of rotatable bonds is 6. The smallest absolute Gasteiger partial charge is 0.237 e. The summed E-state index contributed by atoms with van der Waals surface area (Å²) in [6, 6.07) is 5.98. The third kappa shape index (κ3) is 3.95. The van der Waals surface area contributed by atoms with E-state index >= 15 is 0 Å². The van der Waals surface area contributed by atoms with E-state index in [-0.39, 0.29) is 12.5 Å². The van der Waals surface area contributed by atoms with Crippen molar-refractivity contribution in [1.29, 1.82) is 0 Å². The first-order valence-electron chi connectivity index (χ1n) is 7.38. The Hall–Kier alpha value is -1.59. The van der Waals surface area contributed by atoms with E-state index in [2.05, 4.69) is 0 Å². The van der Waals surface area contributed by atoms with Gasteiger partial charge in [0, 0.05) is 13.1 Å². The van der Waals surface area contributed by atoms with Crippen LogP contribution in [-0.2, 0) is 4.79 Å². The van der Waals surface area contributed by atoms with Gasteiger partial charge in [-0.05, 0) is 31.9 Å². The van der Waals surface area contributed by atoms with Crippen molar-refractivity contribution in [3.63, 3.8) is 0 Å². The number of hydrogen-bond acceptors (Lipinski definition) is 4. The van der Waals surface area contributed by atoms with Crippen LogP contribution in [0.2, 0.25) is 0 Å². The summed E-state index contributed by atoms with van der Waals surface area (Å²) in [5.74, 6) is 0.963. The molecule has 0 radical (unpaired) electrons. The molecule has 1 aromatic rings. The number of aryl methyl sites for hydroxylation is 2. The topological polar surface area (TPSA) is 53.0 Å². The van der Waals surface area contributed by atoms with Gasteiger partial charge in [0.05, 0.1) is 13.2 Å². The fourth-order valence-electron chi connectivity index (χ4n) is 2.62. The molecule has 2 rings (SSSR count). The molecule has 1 saturated heterocycles. The lowest BCUT2D eigenvalue weighted by atomic mass is 10.1. The van der Waals surface area contributed by atoms with Gasteiger partial charge in [-0.2, -0.15) is 0 Å². The number of hydrogen-bond donors (Lipinski definition) is 1. The second kappa shape index (κ2) is 6.91. The highest BCUT2D eigenvalue weighted by Crippen LogP contribution is 2.22. The number of amides is 1. The van der Waals surface area contributed by atoms with Crippen LogP contribution in [0.25, 0.3) is 0 Å². The number of benzene rings is 1. The average molecular weight is 292 g/mol. The summed E-state index contributed by atoms with van der Waals surface area (Å²) in [7, 11) is 0. The van der Waals surface area contributed by atoms with Crippen LogP contribution in [0.4, 0.5) is 0 Å². The van der Waals surface area contributed by atoms with E-state index in [9.17, 15) is 9.90 Å². The zero-order valence-electron chi connectivity index (χ0n) is 13.0. The molecule has 1 aliphatic heterocycles. The average Bonchev–Trinajstić information content (AvgIpc) is 2.78. The number of carbonyl (C=O) groups excluding carboxylic acids is 1. The van der Waals surface area contributed by atoms with E-state index in [1.807, 2.05) is 43.9 Å². The molecule has 1 fully saturated rings. The first-order valence-corrected chi connectivity index (χ1v) is 7.38. The number of β-amino-alcohol motifs (C(OH)–C–C–N with tert-alkyl or cyclic N) is 1. The lowest BCUT2D eigenvalue weighted by Gasteiger charge is -2.21. The van der Waals surface area contributed by atoms with E-state index in [4.69, 9.17) is 4.74 Å². The zero-order valence-corrected chi connectivity index (χ0v) is 13.0. The predicted molar refractivity (Wildman–Crippen MR) is 81.2 cm³/mol. The summed E-state index contributed by atoms with van der Waals surface area (Å²) < 4.78 is 5.74. The van der Waals surface area contributed by atoms with Crippen LogP contribution in [0, 0.1) is 13.8 Å². The number of aliphatic hydroxyl groups is 1. The van der Waals surface area contributed by atoms with E-state index in [0.29, 0.717) is 26.3 Å². The van der Waals surface area contributed by atoms with Gasteiger partial charge in [0.2, 0.25) is 5.91 Å². The number of ether oxygens (including phenoxy) is 1. The minimum Gasteiger partial charge on any atom is -0.490 e. The fraction of sp³-hybridized carbons (Fsp3) is 0.562. The second-order valence-corrected chi connectivity index (χ2v) is 5.59. The molecular weight excluding hydrogens is 268 g/mol. The summed E-state index contributed by atoms with van der Waals surface area (Å²) in [6.45, 7) is 8.33. The zero-order chi connectivity index (χ0) is 15.4. The van der Waals surface area contributed by atoms with Crippen molar-refractivity contribution in [3.05, 3.63) is 29.3 Å². The molecule has 0 aliphatic carbocycles. The summed E-state index contributed by atoms with van der Waals surface area (Å²) in [4.78, 5) is 15.4. The molecule has 5 nitrogen and oxygen atoms in total. The Kier molecular flexibility index (Phi) is 5.20. The molecule has 21 heavy (non-hydrogen) atoms. The number of likely N-dealkylation sites (N-methyl/N-ethyl adjacent to an activating group) is 1. The number of carbonyl (C=O) groups is 1. The van der Waals surface area contributed by atoms with Gasteiger partial charge in [-0.15, -0.1) is 0 Å². The maximum atomic E-state index is 11.6. The number of nitrogens with zero attached hydrogens (tertiary/aromatic N) is 2. The van der Waals surface area contributed by atoms with Crippen molar-refractivity contribution in [3.8, 4) is 5.75 Å². The molecule has 1 N–H and O–H groups in total. The van der Waals surface area contributed by atoms with Crippen LogP contribution in [0.15, 0.2) is 18.2 Å². The van der Waals surface area contributed by atoms with Crippen molar-refractivity contribution >= 4 is 5.91 Å². The molecule has 0 aromatic heterocycles. The number of aliphatic hydroxyl groups excluding tert-OH is 1. The Bertz CT molecular complexity index is 484. The van der Waals surface area contributed by atoms with Gasteiger partial charge in [-0.25, -0.2) is 0 Å². The molecule has 116 valence electrons. The molecule has 1 unspecified atom stereocenters. The summed E-state index contributed by atoms with van der Waals surface area (Å²) in [5.41, 5.74) is 2.13. The Morgan fingerprint density at radius 1 is 1.33 bits per heavy atom. The summed E-state index contributed by atoms with van der Waals surface area (Å²) >= 11 is 0. The van der Waals surface area contributed by atoms with Gasteiger partial charge >= 0.3 is 0 Å². The van der Waals surface area contributed by atoms with Gasteiger partial charge < -0.3 is 14.7 Å². The largest absolute Gasteiger partial charge is 0.490 e. The monoisotopic (exact) mass is 292 g/mol. The second-order valence-electron chi connectivity index (χ2n) is 5.59. The maximum absolute atomic E-state index is 11.6. The molecule has 0 saturated carbocycles. The fourth-order valence-corrected chi connectivity index (χ4v) is 2.62. The molecule has 0 bridgehead atoms. The third-order valence-corrected chi connectivity index (χ3v) is 3.76. The highest BCUT2D eigenvalue weighted by atomic mass is 16.5. The normalized spacial score (nSPS) is 17.3. The molecule has 1 amide bonds. The van der Waals surface area contributed by atoms with E-state index in [0.717, 1.165) is 16.9 Å². The van der Waals surface area contributed by atoms with Crippen LogP contribution in [0.5, 0.6) is 5.75 Å². The Morgan fingerprint density at radius 2 is 2.00 bits per heavy atom. The highest BCUT2D eigenvalue weighted by molar-refractivity contribution is 5.79. The predicted octanol–water partition coefficient (Wildman–Crippen LogP) is 1.16. The standard InChI is InChI=1S/C16H24N2O3/c1-4-18-11-17(9-15(18)20)8-14(19)10-21-16-12(2)6-5-7-13(16)3/h5-7,14,19H,4,8-11H2,1-3H3. The Labute approximate surface area is 126 Å². The molecule has 1 atom stereocenters. The quantitative estimate of drug-likeness (QED) is 0.855. The SMILES string of the molecule is CCN1CN(CC(O)COc2c(C)cccc2C)CC1=O. The minimum atomic E-state index is -0.603. The molecule has 1 aliphatic rings. The van der Waals surface area contributed by atoms with Crippen molar-refractivity contribution in [2.75, 3.05) is 32.9 Å². The molecular formula is C16H24N2O3. The van der Waals surface area contributed by atoms with Crippen LogP contribution < -0.4 is 4.74 Å². The van der Waals surface area contributed by atoms with Gasteiger partial charge in [-0.1, -0.05) is 18.2 Å². The summed E-state index contributed by atoms with van der Waals surface area (Å²) in [6.07, 6.45) is -0.603. The van der Waals surface area contributed by atoms with Crippen LogP contribution in [0.1, 0.15) is 18.1 Å². The number of para-hydroxylation sites is 1. The maximum Gasteiger partial charge on any atom is 0.237 e. The van der Waals surface area contributed by atoms with Gasteiger partial charge in [0.15, 0.2) is 0 Å². The van der Waals surface area contributed by atoms with Gasteiger partial charge in [0.1, 0.15) is 18.5 Å². The molecule has 0 spiro atoms. The first kappa shape index (κ1) is 15.8. The minimum absolute atomic E-state index is 0.125. The highest BCUT2D eigenvalue weighted by Gasteiger charge is 2.27. The first-order chi connectivity index (χ1) is 10.0. The lowest BCUT2D eigenvalue weighted by Crippen LogP contribution is -2.35. The van der Waals surface area contributed by atoms with E-state index in [1.165, 1.54) is 0 Å². The van der Waals surface area contributed by atoms with E-state index < -0.39 is 6.10 Å². The lowest BCUT2D eigenvalue weighted by molar-refractivity contribution is -0.126. The van der Waals surface area contributed by atoms with Crippen LogP contribution in [-0.4, -0.2) is 59.8 Å². The van der Waals surface area contributed by atoms with Crippen LogP contribution >= 0.6 is 0 Å². The third-order valence-electron chi connectivity index (χ3n) is 3.76. The summed E-state index contributed by atoms with van der Waals surface area (Å²) in [5, 5.41) is 10.1.